The van der Waals surface area contributed by atoms with E-state index in [1.807, 2.05) is 0 Å². The summed E-state index contributed by atoms with van der Waals surface area (Å²) >= 11 is 12.1. The average molecular weight is 205 g/mol. The van der Waals surface area contributed by atoms with E-state index >= 15 is 0 Å². The van der Waals surface area contributed by atoms with Gasteiger partial charge < -0.3 is 0 Å². The maximum Gasteiger partial charge on any atom is 0.148 e. The van der Waals surface area contributed by atoms with Crippen LogP contribution in [0, 0.1) is 11.3 Å². The molecule has 12 heavy (non-hydrogen) atoms. The molecule has 3 rings (SSSR count). The first kappa shape index (κ1) is 7.57. The third-order valence-corrected chi connectivity index (χ3v) is 4.57. The topological polar surface area (TPSA) is 24.7 Å². The SMILES string of the molecule is CC1(C)[C@H]2[C@@H]1N=N[C@@]21CC1(Cl)Cl. The molecule has 1 heterocycles. The molecule has 2 nitrogen and oxygen atoms in total. The molecule has 1 aliphatic heterocycles. The molecule has 0 aromatic carbocycles. The van der Waals surface area contributed by atoms with Crippen LogP contribution in [0.1, 0.15) is 20.3 Å². The Balaban J connectivity index is 2.00. The predicted molar refractivity (Wildman–Crippen MR) is 47.7 cm³/mol. The second-order valence-corrected chi connectivity index (χ2v) is 6.25. The highest BCUT2D eigenvalue weighted by Crippen LogP contribution is 2.77. The lowest BCUT2D eigenvalue weighted by molar-refractivity contribution is 0.445. The summed E-state index contributed by atoms with van der Waals surface area (Å²) in [4.78, 5) is 0. The third kappa shape index (κ3) is 0.559. The average Bonchev–Trinajstić information content (AvgIpc) is 2.54. The molecular weight excluding hydrogens is 195 g/mol. The van der Waals surface area contributed by atoms with Crippen LogP contribution < -0.4 is 0 Å². The molecule has 1 spiro atoms. The van der Waals surface area contributed by atoms with E-state index in [0.717, 1.165) is 6.42 Å². The van der Waals surface area contributed by atoms with Gasteiger partial charge in [0.1, 0.15) is 9.87 Å². The Hall–Kier alpha value is 0.180. The van der Waals surface area contributed by atoms with Gasteiger partial charge in [0.05, 0.1) is 6.04 Å². The summed E-state index contributed by atoms with van der Waals surface area (Å²) in [6, 6.07) is 0.386. The normalized spacial score (nSPS) is 55.7. The van der Waals surface area contributed by atoms with Crippen molar-refractivity contribution in [2.24, 2.45) is 21.6 Å². The smallest absolute Gasteiger partial charge is 0.148 e. The van der Waals surface area contributed by atoms with Gasteiger partial charge in [-0.1, -0.05) is 37.0 Å². The van der Waals surface area contributed by atoms with Crippen molar-refractivity contribution in [2.75, 3.05) is 0 Å². The van der Waals surface area contributed by atoms with Gasteiger partial charge in [0, 0.05) is 12.3 Å². The molecule has 0 radical (unpaired) electrons. The van der Waals surface area contributed by atoms with E-state index in [2.05, 4.69) is 24.1 Å². The summed E-state index contributed by atoms with van der Waals surface area (Å²) in [5, 5.41) is 8.45. The molecule has 0 N–H and O–H groups in total. The Bertz CT molecular complexity index is 295. The first-order valence-corrected chi connectivity index (χ1v) is 4.97. The summed E-state index contributed by atoms with van der Waals surface area (Å²) < 4.78 is -0.621. The van der Waals surface area contributed by atoms with Gasteiger partial charge in [-0.3, -0.25) is 0 Å². The van der Waals surface area contributed by atoms with E-state index < -0.39 is 4.33 Å². The zero-order chi connectivity index (χ0) is 8.78. The Labute approximate surface area is 81.3 Å². The second kappa shape index (κ2) is 1.57. The predicted octanol–water partition coefficient (Wildman–Crippen LogP) is 2.79. The molecule has 0 amide bonds. The van der Waals surface area contributed by atoms with Gasteiger partial charge in [-0.2, -0.15) is 10.2 Å². The number of hydrogen-bond donors (Lipinski definition) is 0. The molecule has 0 bridgehead atoms. The van der Waals surface area contributed by atoms with Crippen LogP contribution in [-0.4, -0.2) is 15.9 Å². The van der Waals surface area contributed by atoms with Gasteiger partial charge in [0.15, 0.2) is 0 Å². The molecule has 3 atom stereocenters. The number of nitrogens with zero attached hydrogens (tertiary/aromatic N) is 2. The van der Waals surface area contributed by atoms with Gasteiger partial charge >= 0.3 is 0 Å². The summed E-state index contributed by atoms with van der Waals surface area (Å²) in [5.74, 6) is 0.500. The van der Waals surface area contributed by atoms with Gasteiger partial charge in [-0.05, 0) is 5.41 Å². The van der Waals surface area contributed by atoms with Gasteiger partial charge in [0.2, 0.25) is 0 Å². The highest BCUT2D eigenvalue weighted by Gasteiger charge is 2.84. The minimum Gasteiger partial charge on any atom is -0.189 e. The standard InChI is InChI=1S/C8H10Cl2N2/c1-6(2)4-5(6)11-12-7(4)3-8(7,9)10/h4-5H,3H2,1-2H3/t4-,5+,7+/m1/s1. The molecule has 2 saturated carbocycles. The maximum atomic E-state index is 6.06. The number of rotatable bonds is 0. The van der Waals surface area contributed by atoms with E-state index in [0.29, 0.717) is 12.0 Å². The molecule has 0 unspecified atom stereocenters. The maximum absolute atomic E-state index is 6.06. The fraction of sp³-hybridized carbons (Fsp3) is 1.00. The van der Waals surface area contributed by atoms with E-state index in [9.17, 15) is 0 Å². The van der Waals surface area contributed by atoms with Gasteiger partial charge in [-0.25, -0.2) is 0 Å². The number of azo groups is 1. The quantitative estimate of drug-likeness (QED) is 0.543. The number of alkyl halides is 2. The molecule has 0 saturated heterocycles. The third-order valence-electron chi connectivity index (χ3n) is 3.65. The number of halogens is 2. The van der Waals surface area contributed by atoms with Crippen molar-refractivity contribution in [2.45, 2.75) is 36.2 Å². The molecule has 3 aliphatic rings. The first-order chi connectivity index (χ1) is 5.42. The van der Waals surface area contributed by atoms with Crippen molar-refractivity contribution in [3.63, 3.8) is 0 Å². The lowest BCUT2D eigenvalue weighted by Crippen LogP contribution is -2.18. The van der Waals surface area contributed by atoms with Gasteiger partial charge in [0.25, 0.3) is 0 Å². The van der Waals surface area contributed by atoms with Crippen molar-refractivity contribution in [1.29, 1.82) is 0 Å². The Morgan fingerprint density at radius 3 is 2.17 bits per heavy atom. The molecule has 0 aromatic heterocycles. The van der Waals surface area contributed by atoms with Crippen LogP contribution in [0.2, 0.25) is 0 Å². The Morgan fingerprint density at radius 1 is 1.33 bits per heavy atom. The van der Waals surface area contributed by atoms with E-state index in [-0.39, 0.29) is 11.0 Å². The largest absolute Gasteiger partial charge is 0.189 e. The van der Waals surface area contributed by atoms with E-state index in [4.69, 9.17) is 23.2 Å². The molecule has 66 valence electrons. The monoisotopic (exact) mass is 204 g/mol. The van der Waals surface area contributed by atoms with Crippen molar-refractivity contribution in [3.8, 4) is 0 Å². The second-order valence-electron chi connectivity index (χ2n) is 4.76. The number of hydrogen-bond acceptors (Lipinski definition) is 2. The van der Waals surface area contributed by atoms with Crippen molar-refractivity contribution < 1.29 is 0 Å². The van der Waals surface area contributed by atoms with Crippen LogP contribution in [0.15, 0.2) is 10.2 Å². The molecule has 0 aromatic rings. The van der Waals surface area contributed by atoms with Gasteiger partial charge in [-0.15, -0.1) is 0 Å². The Morgan fingerprint density at radius 2 is 1.92 bits per heavy atom. The molecule has 4 heteroatoms. The van der Waals surface area contributed by atoms with Crippen molar-refractivity contribution >= 4 is 23.2 Å². The van der Waals surface area contributed by atoms with E-state index in [1.54, 1.807) is 0 Å². The summed E-state index contributed by atoms with van der Waals surface area (Å²) in [7, 11) is 0. The van der Waals surface area contributed by atoms with Crippen LogP contribution in [0.25, 0.3) is 0 Å². The molecule has 2 aliphatic carbocycles. The summed E-state index contributed by atoms with van der Waals surface area (Å²) in [6.45, 7) is 4.43. The Kier molecular flexibility index (Phi) is 0.990. The fourth-order valence-electron chi connectivity index (χ4n) is 2.67. The lowest BCUT2D eigenvalue weighted by atomic mass is 10.0. The lowest BCUT2D eigenvalue weighted by Gasteiger charge is -2.11. The zero-order valence-corrected chi connectivity index (χ0v) is 8.52. The van der Waals surface area contributed by atoms with Crippen LogP contribution in [0.4, 0.5) is 0 Å². The van der Waals surface area contributed by atoms with Crippen LogP contribution in [0.5, 0.6) is 0 Å². The van der Waals surface area contributed by atoms with Crippen LogP contribution >= 0.6 is 23.2 Å². The molecular formula is C8H10Cl2N2. The minimum atomic E-state index is -0.621. The summed E-state index contributed by atoms with van der Waals surface area (Å²) in [6.07, 6.45) is 0.789. The zero-order valence-electron chi connectivity index (χ0n) is 7.01. The summed E-state index contributed by atoms with van der Waals surface area (Å²) in [5.41, 5.74) is 0.0809. The first-order valence-electron chi connectivity index (χ1n) is 4.22. The number of fused-ring (bicyclic) bond motifs is 2. The highest BCUT2D eigenvalue weighted by molar-refractivity contribution is 6.52. The van der Waals surface area contributed by atoms with Crippen molar-refractivity contribution in [1.82, 2.24) is 0 Å². The fourth-order valence-corrected chi connectivity index (χ4v) is 3.39. The molecule has 2 fully saturated rings. The highest BCUT2D eigenvalue weighted by atomic mass is 35.5. The van der Waals surface area contributed by atoms with Crippen LogP contribution in [-0.2, 0) is 0 Å². The van der Waals surface area contributed by atoms with E-state index in [1.165, 1.54) is 0 Å². The van der Waals surface area contributed by atoms with Crippen molar-refractivity contribution in [3.05, 3.63) is 0 Å². The van der Waals surface area contributed by atoms with Crippen LogP contribution in [0.3, 0.4) is 0 Å². The minimum absolute atomic E-state index is 0.204.